The van der Waals surface area contributed by atoms with E-state index in [1.807, 2.05) is 6.92 Å². The van der Waals surface area contributed by atoms with E-state index >= 15 is 0 Å². The van der Waals surface area contributed by atoms with Crippen molar-refractivity contribution >= 4 is 0 Å². The van der Waals surface area contributed by atoms with Crippen LogP contribution in [0.25, 0.3) is 0 Å². The molecule has 0 bridgehead atoms. The van der Waals surface area contributed by atoms with Gasteiger partial charge in [0, 0.05) is 30.4 Å². The van der Waals surface area contributed by atoms with Crippen LogP contribution < -0.4 is 5.73 Å². The lowest BCUT2D eigenvalue weighted by atomic mass is 10.1. The molecule has 0 spiro atoms. The Morgan fingerprint density at radius 2 is 2.00 bits per heavy atom. The maximum atomic E-state index is 14.2. The van der Waals surface area contributed by atoms with E-state index in [-0.39, 0.29) is 11.6 Å². The number of imidazole rings is 1. The van der Waals surface area contributed by atoms with Gasteiger partial charge in [-0.25, -0.2) is 4.98 Å². The van der Waals surface area contributed by atoms with Crippen molar-refractivity contribution in [2.75, 3.05) is 0 Å². The first-order chi connectivity index (χ1) is 8.99. The largest absolute Gasteiger partial charge is 0.328 e. The van der Waals surface area contributed by atoms with Crippen molar-refractivity contribution in [3.8, 4) is 0 Å². The summed E-state index contributed by atoms with van der Waals surface area (Å²) in [6, 6.07) is 7.70. The van der Waals surface area contributed by atoms with Gasteiger partial charge in [0.1, 0.15) is 5.82 Å². The summed E-state index contributed by atoms with van der Waals surface area (Å²) in [5, 5.41) is 0. The Kier molecular flexibility index (Phi) is 3.95. The number of nitrogens with zero attached hydrogens (tertiary/aromatic N) is 2. The third-order valence-electron chi connectivity index (χ3n) is 2.87. The zero-order valence-corrected chi connectivity index (χ0v) is 10.8. The lowest BCUT2D eigenvalue weighted by Crippen LogP contribution is -2.25. The summed E-state index contributed by atoms with van der Waals surface area (Å²) in [4.78, 5) is 4.08. The van der Waals surface area contributed by atoms with Crippen LogP contribution >= 0.6 is 0 Å². The van der Waals surface area contributed by atoms with E-state index in [0.717, 1.165) is 0 Å². The molecule has 1 aromatic carbocycles. The Morgan fingerprint density at radius 1 is 1.32 bits per heavy atom. The summed E-state index contributed by atoms with van der Waals surface area (Å²) >= 11 is 0. The van der Waals surface area contributed by atoms with Crippen LogP contribution in [0.1, 0.15) is 18.3 Å². The van der Waals surface area contributed by atoms with Crippen molar-refractivity contribution in [1.29, 1.82) is 0 Å². The molecule has 102 valence electrons. The first-order valence-electron chi connectivity index (χ1n) is 6.18. The van der Waals surface area contributed by atoms with Crippen LogP contribution in [0.15, 0.2) is 42.7 Å². The fraction of sp³-hybridized carbons (Fsp3) is 0.357. The van der Waals surface area contributed by atoms with E-state index in [9.17, 15) is 8.78 Å². The molecule has 0 radical (unpaired) electrons. The Hall–Kier alpha value is -1.75. The fourth-order valence-corrected chi connectivity index (χ4v) is 1.95. The minimum Gasteiger partial charge on any atom is -0.328 e. The first kappa shape index (κ1) is 13.7. The zero-order valence-electron chi connectivity index (χ0n) is 10.8. The highest BCUT2D eigenvalue weighted by Crippen LogP contribution is 2.30. The van der Waals surface area contributed by atoms with Crippen molar-refractivity contribution in [3.05, 3.63) is 54.1 Å². The number of aromatic nitrogens is 2. The normalized spacial score (nSPS) is 13.5. The number of rotatable bonds is 5. The van der Waals surface area contributed by atoms with Gasteiger partial charge in [0.05, 0.1) is 6.54 Å². The highest BCUT2D eigenvalue weighted by molar-refractivity contribution is 5.20. The maximum Gasteiger partial charge on any atom is 0.290 e. The number of hydrogen-bond donors (Lipinski definition) is 1. The van der Waals surface area contributed by atoms with Gasteiger partial charge in [-0.15, -0.1) is 0 Å². The first-order valence-corrected chi connectivity index (χ1v) is 6.18. The smallest absolute Gasteiger partial charge is 0.290 e. The van der Waals surface area contributed by atoms with E-state index in [1.165, 1.54) is 22.9 Å². The van der Waals surface area contributed by atoms with Crippen LogP contribution in [0.5, 0.6) is 0 Å². The van der Waals surface area contributed by atoms with Crippen LogP contribution in [0, 0.1) is 0 Å². The van der Waals surface area contributed by atoms with Crippen LogP contribution in [0.4, 0.5) is 8.78 Å². The van der Waals surface area contributed by atoms with Crippen molar-refractivity contribution in [2.45, 2.75) is 31.9 Å². The second-order valence-electron chi connectivity index (χ2n) is 4.72. The van der Waals surface area contributed by atoms with Gasteiger partial charge in [-0.1, -0.05) is 30.3 Å². The molecule has 1 heterocycles. The second kappa shape index (κ2) is 5.48. The number of nitrogens with two attached hydrogens (primary N) is 1. The quantitative estimate of drug-likeness (QED) is 0.903. The van der Waals surface area contributed by atoms with E-state index in [1.54, 1.807) is 24.4 Å². The molecule has 2 rings (SSSR count). The second-order valence-corrected chi connectivity index (χ2v) is 4.72. The summed E-state index contributed by atoms with van der Waals surface area (Å²) in [6.45, 7) is 1.41. The summed E-state index contributed by atoms with van der Waals surface area (Å²) in [7, 11) is 0. The number of alkyl halides is 2. The van der Waals surface area contributed by atoms with Crippen LogP contribution in [-0.4, -0.2) is 15.6 Å². The molecule has 1 aromatic heterocycles. The van der Waals surface area contributed by atoms with Gasteiger partial charge < -0.3 is 10.3 Å². The molecule has 2 aromatic rings. The van der Waals surface area contributed by atoms with Crippen LogP contribution in [-0.2, 0) is 18.9 Å². The molecule has 1 unspecified atom stereocenters. The standard InChI is InChI=1S/C14H17F2N3/c1-11(17)9-13-18-7-8-19(13)10-14(15,16)12-5-3-2-4-6-12/h2-8,11H,9-10,17H2,1H3. The van der Waals surface area contributed by atoms with Gasteiger partial charge in [-0.3, -0.25) is 0 Å². The molecule has 0 amide bonds. The zero-order chi connectivity index (χ0) is 13.9. The van der Waals surface area contributed by atoms with Crippen LogP contribution in [0.2, 0.25) is 0 Å². The molecule has 1 atom stereocenters. The average molecular weight is 265 g/mol. The third kappa shape index (κ3) is 3.38. The molecule has 2 N–H and O–H groups in total. The number of hydrogen-bond acceptors (Lipinski definition) is 2. The Morgan fingerprint density at radius 3 is 2.63 bits per heavy atom. The monoisotopic (exact) mass is 265 g/mol. The Bertz CT molecular complexity index is 520. The fourth-order valence-electron chi connectivity index (χ4n) is 1.95. The van der Waals surface area contributed by atoms with Gasteiger partial charge >= 0.3 is 0 Å². The molecule has 0 aliphatic heterocycles. The summed E-state index contributed by atoms with van der Waals surface area (Å²) < 4.78 is 29.8. The van der Waals surface area contributed by atoms with E-state index < -0.39 is 12.5 Å². The molecule has 0 saturated heterocycles. The summed E-state index contributed by atoms with van der Waals surface area (Å²) in [6.07, 6.45) is 3.57. The van der Waals surface area contributed by atoms with Gasteiger partial charge in [0.15, 0.2) is 0 Å². The molecular weight excluding hydrogens is 248 g/mol. The number of benzene rings is 1. The van der Waals surface area contributed by atoms with E-state index in [2.05, 4.69) is 4.98 Å². The summed E-state index contributed by atoms with van der Waals surface area (Å²) in [5.41, 5.74) is 5.70. The molecule has 0 saturated carbocycles. The number of halogens is 2. The minimum absolute atomic E-state index is 0.00967. The Labute approximate surface area is 111 Å². The van der Waals surface area contributed by atoms with E-state index in [0.29, 0.717) is 12.2 Å². The van der Waals surface area contributed by atoms with E-state index in [4.69, 9.17) is 5.73 Å². The minimum atomic E-state index is -2.92. The Balaban J connectivity index is 2.19. The predicted molar refractivity (Wildman–Crippen MR) is 69.9 cm³/mol. The van der Waals surface area contributed by atoms with Gasteiger partial charge in [-0.2, -0.15) is 8.78 Å². The maximum absolute atomic E-state index is 14.2. The highest BCUT2D eigenvalue weighted by atomic mass is 19.3. The molecular formula is C14H17F2N3. The molecule has 0 aliphatic carbocycles. The van der Waals surface area contributed by atoms with Crippen LogP contribution in [0.3, 0.4) is 0 Å². The lowest BCUT2D eigenvalue weighted by Gasteiger charge is -2.19. The topological polar surface area (TPSA) is 43.8 Å². The SMILES string of the molecule is CC(N)Cc1nccn1CC(F)(F)c1ccccc1. The predicted octanol–water partition coefficient (Wildman–Crippen LogP) is 2.56. The lowest BCUT2D eigenvalue weighted by molar-refractivity contribution is -0.0230. The van der Waals surface area contributed by atoms with Gasteiger partial charge in [0.2, 0.25) is 0 Å². The molecule has 5 heteroatoms. The third-order valence-corrected chi connectivity index (χ3v) is 2.87. The van der Waals surface area contributed by atoms with Crippen molar-refractivity contribution < 1.29 is 8.78 Å². The molecule has 3 nitrogen and oxygen atoms in total. The van der Waals surface area contributed by atoms with Gasteiger partial charge in [0.25, 0.3) is 5.92 Å². The average Bonchev–Trinajstić information content (AvgIpc) is 2.76. The summed E-state index contributed by atoms with van der Waals surface area (Å²) in [5.74, 6) is -2.33. The highest BCUT2D eigenvalue weighted by Gasteiger charge is 2.32. The molecule has 0 aliphatic rings. The van der Waals surface area contributed by atoms with Crippen molar-refractivity contribution in [1.82, 2.24) is 9.55 Å². The molecule has 19 heavy (non-hydrogen) atoms. The van der Waals surface area contributed by atoms with Crippen molar-refractivity contribution in [2.24, 2.45) is 5.73 Å². The van der Waals surface area contributed by atoms with Crippen molar-refractivity contribution in [3.63, 3.8) is 0 Å². The van der Waals surface area contributed by atoms with Gasteiger partial charge in [-0.05, 0) is 6.92 Å². The molecule has 0 fully saturated rings.